The normalized spacial score (nSPS) is 21.9. The first-order chi connectivity index (χ1) is 9.63. The number of aliphatic carboxylic acids is 1. The minimum atomic E-state index is -0.815. The molecule has 1 saturated heterocycles. The van der Waals surface area contributed by atoms with Crippen molar-refractivity contribution in [3.05, 3.63) is 35.9 Å². The number of carbonyl (C=O) groups excluding carboxylic acids is 1. The highest BCUT2D eigenvalue weighted by Gasteiger charge is 2.39. The molecule has 1 aliphatic heterocycles. The molecular formula is C16H21NO3. The maximum atomic E-state index is 12.1. The summed E-state index contributed by atoms with van der Waals surface area (Å²) in [6.45, 7) is 2.89. The lowest BCUT2D eigenvalue weighted by atomic mass is 9.89. The zero-order valence-electron chi connectivity index (χ0n) is 11.8. The van der Waals surface area contributed by atoms with E-state index in [-0.39, 0.29) is 11.8 Å². The number of carboxylic acid groups (broad SMARTS) is 1. The molecule has 1 aliphatic rings. The fourth-order valence-electron chi connectivity index (χ4n) is 2.78. The van der Waals surface area contributed by atoms with Gasteiger partial charge in [-0.3, -0.25) is 9.59 Å². The lowest BCUT2D eigenvalue weighted by Gasteiger charge is -2.16. The van der Waals surface area contributed by atoms with Crippen LogP contribution in [-0.4, -0.2) is 35.0 Å². The van der Waals surface area contributed by atoms with E-state index in [4.69, 9.17) is 0 Å². The molecule has 0 bridgehead atoms. The predicted octanol–water partition coefficient (Wildman–Crippen LogP) is 2.50. The number of amides is 1. The van der Waals surface area contributed by atoms with Gasteiger partial charge in [-0.15, -0.1) is 0 Å². The van der Waals surface area contributed by atoms with Gasteiger partial charge in [-0.2, -0.15) is 0 Å². The molecule has 1 aromatic carbocycles. The molecule has 1 amide bonds. The SMILES string of the molecule is CCCCC(=O)N1C[C@H](C(=O)O)[C@H](c2ccccc2)C1. The van der Waals surface area contributed by atoms with Gasteiger partial charge >= 0.3 is 5.97 Å². The maximum absolute atomic E-state index is 12.1. The Morgan fingerprint density at radius 3 is 2.55 bits per heavy atom. The first-order valence-electron chi connectivity index (χ1n) is 7.19. The number of nitrogens with zero attached hydrogens (tertiary/aromatic N) is 1. The summed E-state index contributed by atoms with van der Waals surface area (Å²) in [6, 6.07) is 9.63. The van der Waals surface area contributed by atoms with E-state index in [2.05, 4.69) is 0 Å². The van der Waals surface area contributed by atoms with Gasteiger partial charge in [0.2, 0.25) is 5.91 Å². The second-order valence-electron chi connectivity index (χ2n) is 5.36. The van der Waals surface area contributed by atoms with Crippen molar-refractivity contribution in [3.63, 3.8) is 0 Å². The van der Waals surface area contributed by atoms with Crippen molar-refractivity contribution in [1.29, 1.82) is 0 Å². The zero-order valence-corrected chi connectivity index (χ0v) is 11.8. The Morgan fingerprint density at radius 1 is 1.25 bits per heavy atom. The molecular weight excluding hydrogens is 254 g/mol. The second kappa shape index (κ2) is 6.55. The van der Waals surface area contributed by atoms with E-state index in [1.54, 1.807) is 4.90 Å². The molecule has 4 nitrogen and oxygen atoms in total. The Balaban J connectivity index is 2.12. The minimum absolute atomic E-state index is 0.0801. The highest BCUT2D eigenvalue weighted by atomic mass is 16.4. The Kier molecular flexibility index (Phi) is 4.77. The molecule has 0 unspecified atom stereocenters. The van der Waals surface area contributed by atoms with Crippen LogP contribution >= 0.6 is 0 Å². The van der Waals surface area contributed by atoms with Crippen LogP contribution in [0.15, 0.2) is 30.3 Å². The molecule has 2 atom stereocenters. The van der Waals surface area contributed by atoms with Crippen LogP contribution in [-0.2, 0) is 9.59 Å². The summed E-state index contributed by atoms with van der Waals surface area (Å²) >= 11 is 0. The van der Waals surface area contributed by atoms with E-state index < -0.39 is 11.9 Å². The summed E-state index contributed by atoms with van der Waals surface area (Å²) in [5.41, 5.74) is 1.01. The van der Waals surface area contributed by atoms with Crippen LogP contribution < -0.4 is 0 Å². The number of likely N-dealkylation sites (tertiary alicyclic amines) is 1. The van der Waals surface area contributed by atoms with Crippen molar-refractivity contribution in [2.24, 2.45) is 5.92 Å². The molecule has 108 valence electrons. The largest absolute Gasteiger partial charge is 0.481 e. The van der Waals surface area contributed by atoms with Gasteiger partial charge in [0.1, 0.15) is 0 Å². The fraction of sp³-hybridized carbons (Fsp3) is 0.500. The maximum Gasteiger partial charge on any atom is 0.308 e. The Morgan fingerprint density at radius 2 is 1.95 bits per heavy atom. The molecule has 0 spiro atoms. The van der Waals surface area contributed by atoms with Gasteiger partial charge in [0, 0.05) is 25.4 Å². The summed E-state index contributed by atoms with van der Waals surface area (Å²) < 4.78 is 0. The molecule has 0 saturated carbocycles. The zero-order chi connectivity index (χ0) is 14.5. The monoisotopic (exact) mass is 275 g/mol. The Bertz CT molecular complexity index is 472. The van der Waals surface area contributed by atoms with E-state index in [1.807, 2.05) is 37.3 Å². The average Bonchev–Trinajstić information content (AvgIpc) is 2.91. The van der Waals surface area contributed by atoms with Gasteiger partial charge in [0.25, 0.3) is 0 Å². The first-order valence-corrected chi connectivity index (χ1v) is 7.19. The molecule has 2 rings (SSSR count). The smallest absolute Gasteiger partial charge is 0.308 e. The van der Waals surface area contributed by atoms with Gasteiger partial charge in [0.15, 0.2) is 0 Å². The van der Waals surface area contributed by atoms with Crippen LogP contribution in [0.1, 0.15) is 37.7 Å². The molecule has 0 aromatic heterocycles. The summed E-state index contributed by atoms with van der Waals surface area (Å²) in [7, 11) is 0. The van der Waals surface area contributed by atoms with Crippen LogP contribution in [0.4, 0.5) is 0 Å². The van der Waals surface area contributed by atoms with Gasteiger partial charge in [-0.1, -0.05) is 43.7 Å². The number of carboxylic acids is 1. The number of hydrogen-bond acceptors (Lipinski definition) is 2. The van der Waals surface area contributed by atoms with Gasteiger partial charge in [-0.05, 0) is 12.0 Å². The summed E-state index contributed by atoms with van der Waals surface area (Å²) in [6.07, 6.45) is 2.36. The molecule has 1 N–H and O–H groups in total. The molecule has 1 aromatic rings. The van der Waals surface area contributed by atoms with E-state index in [0.717, 1.165) is 18.4 Å². The highest BCUT2D eigenvalue weighted by molar-refractivity contribution is 5.79. The fourth-order valence-corrected chi connectivity index (χ4v) is 2.78. The molecule has 1 heterocycles. The quantitative estimate of drug-likeness (QED) is 0.898. The minimum Gasteiger partial charge on any atom is -0.481 e. The number of rotatable bonds is 5. The third kappa shape index (κ3) is 3.18. The number of carbonyl (C=O) groups is 2. The van der Waals surface area contributed by atoms with Crippen molar-refractivity contribution in [2.75, 3.05) is 13.1 Å². The third-order valence-corrected chi connectivity index (χ3v) is 3.96. The molecule has 1 fully saturated rings. The van der Waals surface area contributed by atoms with Crippen LogP contribution in [0.2, 0.25) is 0 Å². The summed E-state index contributed by atoms with van der Waals surface area (Å²) in [5, 5.41) is 9.38. The van der Waals surface area contributed by atoms with E-state index in [0.29, 0.717) is 19.5 Å². The van der Waals surface area contributed by atoms with Crippen molar-refractivity contribution in [3.8, 4) is 0 Å². The highest BCUT2D eigenvalue weighted by Crippen LogP contribution is 2.33. The summed E-state index contributed by atoms with van der Waals surface area (Å²) in [5.74, 6) is -1.33. The lowest BCUT2D eigenvalue weighted by molar-refractivity contribution is -0.141. The molecule has 0 aliphatic carbocycles. The second-order valence-corrected chi connectivity index (χ2v) is 5.36. The van der Waals surface area contributed by atoms with Gasteiger partial charge in [-0.25, -0.2) is 0 Å². The number of hydrogen-bond donors (Lipinski definition) is 1. The average molecular weight is 275 g/mol. The predicted molar refractivity (Wildman–Crippen MR) is 76.4 cm³/mol. The van der Waals surface area contributed by atoms with E-state index >= 15 is 0 Å². The van der Waals surface area contributed by atoms with Crippen LogP contribution in [0.25, 0.3) is 0 Å². The van der Waals surface area contributed by atoms with Crippen LogP contribution in [0.5, 0.6) is 0 Å². The van der Waals surface area contributed by atoms with Crippen LogP contribution in [0.3, 0.4) is 0 Å². The van der Waals surface area contributed by atoms with Gasteiger partial charge < -0.3 is 10.0 Å². The van der Waals surface area contributed by atoms with Gasteiger partial charge in [0.05, 0.1) is 5.92 Å². The molecule has 0 radical (unpaired) electrons. The Labute approximate surface area is 119 Å². The standard InChI is InChI=1S/C16H21NO3/c1-2-3-9-15(18)17-10-13(14(11-17)16(19)20)12-7-5-4-6-8-12/h4-8,13-14H,2-3,9-11H2,1H3,(H,19,20)/t13-,14-/m0/s1. The van der Waals surface area contributed by atoms with Crippen LogP contribution in [0, 0.1) is 5.92 Å². The Hall–Kier alpha value is -1.84. The van der Waals surface area contributed by atoms with Crippen molar-refractivity contribution in [1.82, 2.24) is 4.90 Å². The third-order valence-electron chi connectivity index (χ3n) is 3.96. The van der Waals surface area contributed by atoms with E-state index in [9.17, 15) is 14.7 Å². The molecule has 20 heavy (non-hydrogen) atoms. The van der Waals surface area contributed by atoms with Crippen molar-refractivity contribution >= 4 is 11.9 Å². The van der Waals surface area contributed by atoms with E-state index in [1.165, 1.54) is 0 Å². The van der Waals surface area contributed by atoms with Crippen molar-refractivity contribution < 1.29 is 14.7 Å². The number of benzene rings is 1. The van der Waals surface area contributed by atoms with Crippen molar-refractivity contribution in [2.45, 2.75) is 32.1 Å². The number of unbranched alkanes of at least 4 members (excludes halogenated alkanes) is 1. The molecule has 4 heteroatoms. The summed E-state index contributed by atoms with van der Waals surface area (Å²) in [4.78, 5) is 25.2. The first kappa shape index (κ1) is 14.6. The topological polar surface area (TPSA) is 57.6 Å². The lowest BCUT2D eigenvalue weighted by Crippen LogP contribution is -2.29.